The molecule has 3 atom stereocenters. The summed E-state index contributed by atoms with van der Waals surface area (Å²) in [5, 5.41) is 10.7. The van der Waals surface area contributed by atoms with E-state index in [1.807, 2.05) is 0 Å². The van der Waals surface area contributed by atoms with E-state index >= 15 is 0 Å². The fraction of sp³-hybridized carbons (Fsp3) is 1.00. The van der Waals surface area contributed by atoms with Gasteiger partial charge < -0.3 is 10.0 Å². The molecule has 2 rings (SSSR count). The van der Waals surface area contributed by atoms with E-state index in [2.05, 4.69) is 20.8 Å². The van der Waals surface area contributed by atoms with Gasteiger partial charge in [-0.2, -0.15) is 0 Å². The highest BCUT2D eigenvalue weighted by Gasteiger charge is 2.41. The summed E-state index contributed by atoms with van der Waals surface area (Å²) in [6, 6.07) is 0. The van der Waals surface area contributed by atoms with Crippen LogP contribution in [0.3, 0.4) is 0 Å². The Morgan fingerprint density at radius 3 is 2.83 bits per heavy atom. The molecule has 70 valence electrons. The number of halogens is 1. The molecule has 1 saturated heterocycles. The Morgan fingerprint density at radius 2 is 2.17 bits per heavy atom. The van der Waals surface area contributed by atoms with Crippen molar-refractivity contribution in [3.05, 3.63) is 0 Å². The molecule has 0 aromatic carbocycles. The van der Waals surface area contributed by atoms with Crippen molar-refractivity contribution in [3.8, 4) is 0 Å². The lowest BCUT2D eigenvalue weighted by Gasteiger charge is -2.16. The van der Waals surface area contributed by atoms with Crippen molar-refractivity contribution in [2.75, 3.05) is 25.0 Å². The molecular weight excluding hydrogens is 218 g/mol. The molecule has 0 bridgehead atoms. The number of alkyl halides is 1. The van der Waals surface area contributed by atoms with E-state index in [9.17, 15) is 5.11 Å². The molecule has 0 spiro atoms. The van der Waals surface area contributed by atoms with Crippen molar-refractivity contribution in [1.29, 1.82) is 0 Å². The maximum atomic E-state index is 9.65. The lowest BCUT2D eigenvalue weighted by atomic mass is 10.00. The summed E-state index contributed by atoms with van der Waals surface area (Å²) in [6.07, 6.45) is 2.28. The second-order valence-corrected chi connectivity index (χ2v) is 4.81. The fourth-order valence-corrected chi connectivity index (χ4v) is 3.13. The van der Waals surface area contributed by atoms with E-state index in [4.69, 9.17) is 0 Å². The van der Waals surface area contributed by atoms with Gasteiger partial charge in [0, 0.05) is 30.9 Å². The Bertz CT molecular complexity index is 165. The number of rotatable bonds is 2. The molecule has 1 heterocycles. The summed E-state index contributed by atoms with van der Waals surface area (Å²) in [7, 11) is 0. The third-order valence-electron chi connectivity index (χ3n) is 3.30. The van der Waals surface area contributed by atoms with Crippen LogP contribution in [-0.4, -0.2) is 41.1 Å². The van der Waals surface area contributed by atoms with Gasteiger partial charge in [0.1, 0.15) is 0 Å². The summed E-state index contributed by atoms with van der Waals surface area (Å²) in [5.41, 5.74) is 0. The number of aliphatic hydroxyl groups is 1. The van der Waals surface area contributed by atoms with Gasteiger partial charge in [-0.3, -0.25) is 0 Å². The maximum absolute atomic E-state index is 9.65. The first-order valence-electron chi connectivity index (χ1n) is 4.77. The first kappa shape index (κ1) is 8.97. The minimum absolute atomic E-state index is 0.00433. The number of nitrogens with zero attached hydrogens (tertiary/aromatic N) is 1. The van der Waals surface area contributed by atoms with Crippen molar-refractivity contribution >= 4 is 15.9 Å². The lowest BCUT2D eigenvalue weighted by Crippen LogP contribution is -2.26. The second-order valence-electron chi connectivity index (χ2n) is 4.02. The third kappa shape index (κ3) is 1.54. The Balaban J connectivity index is 1.90. The van der Waals surface area contributed by atoms with Crippen LogP contribution in [0.25, 0.3) is 0 Å². The van der Waals surface area contributed by atoms with Crippen LogP contribution in [0.4, 0.5) is 0 Å². The molecule has 12 heavy (non-hydrogen) atoms. The predicted octanol–water partition coefficient (Wildman–Crippen LogP) is 1.08. The first-order chi connectivity index (χ1) is 5.81. The third-order valence-corrected chi connectivity index (χ3v) is 3.65. The topological polar surface area (TPSA) is 23.5 Å². The molecule has 0 aromatic heterocycles. The first-order valence-corrected chi connectivity index (χ1v) is 5.90. The maximum Gasteiger partial charge on any atom is 0.0583 e. The van der Waals surface area contributed by atoms with Crippen molar-refractivity contribution in [2.45, 2.75) is 18.9 Å². The highest BCUT2D eigenvalue weighted by molar-refractivity contribution is 9.09. The van der Waals surface area contributed by atoms with E-state index in [1.165, 1.54) is 13.0 Å². The Hall–Kier alpha value is 0.400. The van der Waals surface area contributed by atoms with Crippen LogP contribution in [0.2, 0.25) is 0 Å². The molecular formula is C9H16BrNO. The van der Waals surface area contributed by atoms with Gasteiger partial charge in [0.05, 0.1) is 6.10 Å². The molecule has 0 radical (unpaired) electrons. The molecule has 3 unspecified atom stereocenters. The Kier molecular flexibility index (Phi) is 2.72. The zero-order chi connectivity index (χ0) is 8.55. The monoisotopic (exact) mass is 233 g/mol. The van der Waals surface area contributed by atoms with Crippen LogP contribution in [0.5, 0.6) is 0 Å². The van der Waals surface area contributed by atoms with Crippen LogP contribution in [0, 0.1) is 11.8 Å². The summed E-state index contributed by atoms with van der Waals surface area (Å²) in [6.45, 7) is 3.48. The van der Waals surface area contributed by atoms with Crippen LogP contribution >= 0.6 is 15.9 Å². The van der Waals surface area contributed by atoms with Crippen LogP contribution in [-0.2, 0) is 0 Å². The van der Waals surface area contributed by atoms with Gasteiger partial charge in [-0.1, -0.05) is 15.9 Å². The van der Waals surface area contributed by atoms with E-state index in [1.54, 1.807) is 0 Å². The zero-order valence-electron chi connectivity index (χ0n) is 7.25. The highest BCUT2D eigenvalue weighted by Crippen LogP contribution is 2.37. The molecule has 2 aliphatic rings. The zero-order valence-corrected chi connectivity index (χ0v) is 8.83. The van der Waals surface area contributed by atoms with Crippen LogP contribution in [0.1, 0.15) is 12.8 Å². The molecule has 3 heteroatoms. The molecule has 1 saturated carbocycles. The SMILES string of the molecule is OC1CCC2CN(CCBr)CC12. The van der Waals surface area contributed by atoms with E-state index in [-0.39, 0.29) is 6.10 Å². The summed E-state index contributed by atoms with van der Waals surface area (Å²) in [4.78, 5) is 2.46. The number of hydrogen-bond donors (Lipinski definition) is 1. The summed E-state index contributed by atoms with van der Waals surface area (Å²) in [5.74, 6) is 1.38. The molecule has 1 aliphatic carbocycles. The van der Waals surface area contributed by atoms with Crippen molar-refractivity contribution < 1.29 is 5.11 Å². The second kappa shape index (κ2) is 3.64. The minimum Gasteiger partial charge on any atom is -0.393 e. The van der Waals surface area contributed by atoms with Gasteiger partial charge in [-0.15, -0.1) is 0 Å². The number of aliphatic hydroxyl groups excluding tert-OH is 1. The summed E-state index contributed by atoms with van der Waals surface area (Å²) >= 11 is 3.45. The van der Waals surface area contributed by atoms with Gasteiger partial charge in [0.15, 0.2) is 0 Å². The fourth-order valence-electron chi connectivity index (χ4n) is 2.63. The van der Waals surface area contributed by atoms with Gasteiger partial charge in [-0.25, -0.2) is 0 Å². The van der Waals surface area contributed by atoms with Crippen molar-refractivity contribution in [1.82, 2.24) is 4.90 Å². The molecule has 0 amide bonds. The van der Waals surface area contributed by atoms with E-state index in [0.29, 0.717) is 5.92 Å². The smallest absolute Gasteiger partial charge is 0.0583 e. The van der Waals surface area contributed by atoms with Gasteiger partial charge in [0.25, 0.3) is 0 Å². The molecule has 1 N–H and O–H groups in total. The van der Waals surface area contributed by atoms with E-state index < -0.39 is 0 Å². The number of hydrogen-bond acceptors (Lipinski definition) is 2. The normalized spacial score (nSPS) is 42.0. The number of fused-ring (bicyclic) bond motifs is 1. The molecule has 2 nitrogen and oxygen atoms in total. The quantitative estimate of drug-likeness (QED) is 0.723. The van der Waals surface area contributed by atoms with Gasteiger partial charge in [-0.05, 0) is 18.8 Å². The highest BCUT2D eigenvalue weighted by atomic mass is 79.9. The minimum atomic E-state index is -0.00433. The van der Waals surface area contributed by atoms with E-state index in [0.717, 1.165) is 30.8 Å². The van der Waals surface area contributed by atoms with Crippen LogP contribution in [0.15, 0.2) is 0 Å². The van der Waals surface area contributed by atoms with Crippen LogP contribution < -0.4 is 0 Å². The van der Waals surface area contributed by atoms with Gasteiger partial charge >= 0.3 is 0 Å². The summed E-state index contributed by atoms with van der Waals surface area (Å²) < 4.78 is 0. The average Bonchev–Trinajstić information content (AvgIpc) is 2.55. The average molecular weight is 234 g/mol. The molecule has 0 aromatic rings. The molecule has 2 fully saturated rings. The predicted molar refractivity (Wildman–Crippen MR) is 52.5 cm³/mol. The van der Waals surface area contributed by atoms with Crippen molar-refractivity contribution in [2.24, 2.45) is 11.8 Å². The molecule has 1 aliphatic heterocycles. The largest absolute Gasteiger partial charge is 0.393 e. The lowest BCUT2D eigenvalue weighted by molar-refractivity contribution is 0.125. The Labute approximate surface area is 82.1 Å². The Morgan fingerprint density at radius 1 is 1.33 bits per heavy atom. The van der Waals surface area contributed by atoms with Crippen molar-refractivity contribution in [3.63, 3.8) is 0 Å². The van der Waals surface area contributed by atoms with Gasteiger partial charge in [0.2, 0.25) is 0 Å². The number of likely N-dealkylation sites (tertiary alicyclic amines) is 1. The standard InChI is InChI=1S/C9H16BrNO/c10-3-4-11-5-7-1-2-9(12)8(7)6-11/h7-9,12H,1-6H2.